The summed E-state index contributed by atoms with van der Waals surface area (Å²) >= 11 is 0. The lowest BCUT2D eigenvalue weighted by atomic mass is 9.85. The van der Waals surface area contributed by atoms with Crippen molar-refractivity contribution in [2.45, 2.75) is 63.6 Å². The van der Waals surface area contributed by atoms with Gasteiger partial charge in [0.2, 0.25) is 12.3 Å². The Hall–Kier alpha value is -2.85. The molecule has 0 saturated heterocycles. The Kier molecular flexibility index (Phi) is 7.01. The molecule has 0 atom stereocenters. The number of carbonyl (C=O) groups excluding carboxylic acids is 1. The molecule has 0 spiro atoms. The maximum atomic E-state index is 13.3. The van der Waals surface area contributed by atoms with Crippen molar-refractivity contribution in [3.63, 3.8) is 0 Å². The average molecular weight is 444 g/mol. The number of anilines is 1. The molecule has 0 unspecified atom stereocenters. The fraction of sp³-hybridized carbons (Fsp3) is 0.500. The van der Waals surface area contributed by atoms with Crippen molar-refractivity contribution in [2.24, 2.45) is 0 Å². The highest BCUT2D eigenvalue weighted by atomic mass is 19.4. The fourth-order valence-electron chi connectivity index (χ4n) is 3.73. The van der Waals surface area contributed by atoms with Gasteiger partial charge in [-0.05, 0) is 37.0 Å². The van der Waals surface area contributed by atoms with Crippen LogP contribution in [0.2, 0.25) is 0 Å². The van der Waals surface area contributed by atoms with Gasteiger partial charge in [-0.15, -0.1) is 0 Å². The number of nitrogens with one attached hydrogen (secondary N) is 1. The Balaban J connectivity index is 2.01. The Morgan fingerprint density at radius 2 is 1.94 bits per heavy atom. The summed E-state index contributed by atoms with van der Waals surface area (Å²) in [5.41, 5.74) is -1.70. The van der Waals surface area contributed by atoms with Gasteiger partial charge in [-0.1, -0.05) is 19.3 Å². The molecule has 2 aromatic rings. The molecule has 0 bridgehead atoms. The highest BCUT2D eigenvalue weighted by Crippen LogP contribution is 2.33. The molecule has 168 valence electrons. The maximum absolute atomic E-state index is 13.3. The summed E-state index contributed by atoms with van der Waals surface area (Å²) in [4.78, 5) is 28.5. The van der Waals surface area contributed by atoms with Crippen LogP contribution < -0.4 is 10.9 Å². The van der Waals surface area contributed by atoms with E-state index in [0.29, 0.717) is 18.4 Å². The summed E-state index contributed by atoms with van der Waals surface area (Å²) < 4.78 is 65.7. The molecule has 11 heteroatoms. The highest BCUT2D eigenvalue weighted by Gasteiger charge is 2.34. The van der Waals surface area contributed by atoms with Gasteiger partial charge in [0.25, 0.3) is 5.56 Å². The summed E-state index contributed by atoms with van der Waals surface area (Å²) in [6.45, 7) is -0.577. The normalized spacial score (nSPS) is 15.3. The number of amides is 1. The first-order valence-corrected chi connectivity index (χ1v) is 9.86. The second-order valence-electron chi connectivity index (χ2n) is 7.42. The van der Waals surface area contributed by atoms with E-state index in [9.17, 15) is 31.5 Å². The lowest BCUT2D eigenvalue weighted by molar-refractivity contribution is -0.138. The number of hydrogen-bond acceptors (Lipinski definition) is 4. The molecule has 0 radical (unpaired) electrons. The first-order valence-electron chi connectivity index (χ1n) is 9.86. The van der Waals surface area contributed by atoms with Crippen LogP contribution in [0.15, 0.2) is 29.2 Å². The molecule has 2 aromatic heterocycles. The summed E-state index contributed by atoms with van der Waals surface area (Å²) in [6.07, 6.45) is -3.23. The predicted octanol–water partition coefficient (Wildman–Crippen LogP) is 4.35. The number of pyridine rings is 1. The van der Waals surface area contributed by atoms with Gasteiger partial charge in [0.15, 0.2) is 5.82 Å². The standard InChI is InChI=1S/C20H21F5N4O2/c21-16(22)10-18(30)27-17-9-13(12-5-2-1-3-6-12)19(31)29(28-17)11-15-14(20(23,24)25)7-4-8-26-15/h4,7-9,12,16H,1-3,5-6,10-11H2,(H,27,28,30). The van der Waals surface area contributed by atoms with Crippen molar-refractivity contribution in [3.05, 3.63) is 51.6 Å². The second kappa shape index (κ2) is 9.52. The quantitative estimate of drug-likeness (QED) is 0.673. The lowest BCUT2D eigenvalue weighted by Gasteiger charge is -2.22. The SMILES string of the molecule is O=C(CC(F)F)Nc1cc(C2CCCCC2)c(=O)n(Cc2ncccc2C(F)(F)F)n1. The van der Waals surface area contributed by atoms with Gasteiger partial charge >= 0.3 is 6.18 Å². The summed E-state index contributed by atoms with van der Waals surface area (Å²) in [5, 5.41) is 6.13. The zero-order valence-corrected chi connectivity index (χ0v) is 16.5. The summed E-state index contributed by atoms with van der Waals surface area (Å²) in [5.74, 6) is -1.31. The number of rotatable bonds is 6. The Morgan fingerprint density at radius 3 is 2.58 bits per heavy atom. The van der Waals surface area contributed by atoms with Crippen LogP contribution >= 0.6 is 0 Å². The number of aromatic nitrogens is 3. The van der Waals surface area contributed by atoms with Crippen LogP contribution in [0.3, 0.4) is 0 Å². The van der Waals surface area contributed by atoms with Gasteiger partial charge in [-0.3, -0.25) is 14.6 Å². The zero-order chi connectivity index (χ0) is 22.6. The van der Waals surface area contributed by atoms with E-state index in [2.05, 4.69) is 15.4 Å². The van der Waals surface area contributed by atoms with Gasteiger partial charge in [-0.25, -0.2) is 13.5 Å². The molecule has 3 rings (SSSR count). The van der Waals surface area contributed by atoms with Crippen molar-refractivity contribution in [3.8, 4) is 0 Å². The smallest absolute Gasteiger partial charge is 0.309 e. The predicted molar refractivity (Wildman–Crippen MR) is 102 cm³/mol. The number of hydrogen-bond donors (Lipinski definition) is 1. The monoisotopic (exact) mass is 444 g/mol. The Bertz CT molecular complexity index is 984. The third-order valence-electron chi connectivity index (χ3n) is 5.15. The molecule has 0 aromatic carbocycles. The van der Waals surface area contributed by atoms with E-state index in [1.54, 1.807) is 0 Å². The minimum atomic E-state index is -4.68. The first-order chi connectivity index (χ1) is 14.6. The molecule has 1 aliphatic rings. The van der Waals surface area contributed by atoms with Crippen LogP contribution in [-0.2, 0) is 17.5 Å². The van der Waals surface area contributed by atoms with Crippen LogP contribution in [0, 0.1) is 0 Å². The number of carbonyl (C=O) groups is 1. The molecule has 1 N–H and O–H groups in total. The molecule has 1 fully saturated rings. The zero-order valence-electron chi connectivity index (χ0n) is 16.5. The van der Waals surface area contributed by atoms with E-state index in [4.69, 9.17) is 0 Å². The molecule has 6 nitrogen and oxygen atoms in total. The second-order valence-corrected chi connectivity index (χ2v) is 7.42. The van der Waals surface area contributed by atoms with E-state index >= 15 is 0 Å². The van der Waals surface area contributed by atoms with E-state index in [1.807, 2.05) is 0 Å². The number of nitrogens with zero attached hydrogens (tertiary/aromatic N) is 3. The van der Waals surface area contributed by atoms with E-state index in [-0.39, 0.29) is 11.7 Å². The minimum Gasteiger partial charge on any atom is -0.309 e. The minimum absolute atomic E-state index is 0.146. The van der Waals surface area contributed by atoms with Crippen LogP contribution in [0.1, 0.15) is 61.3 Å². The molecular formula is C20H21F5N4O2. The Labute approximate surface area is 174 Å². The summed E-state index contributed by atoms with van der Waals surface area (Å²) in [7, 11) is 0. The van der Waals surface area contributed by atoms with Gasteiger partial charge < -0.3 is 5.32 Å². The first kappa shape index (κ1) is 22.8. The van der Waals surface area contributed by atoms with Gasteiger partial charge in [-0.2, -0.15) is 18.3 Å². The van der Waals surface area contributed by atoms with Crippen LogP contribution in [0.4, 0.5) is 27.8 Å². The third-order valence-corrected chi connectivity index (χ3v) is 5.15. The Morgan fingerprint density at radius 1 is 1.23 bits per heavy atom. The number of alkyl halides is 5. The molecular weight excluding hydrogens is 423 g/mol. The van der Waals surface area contributed by atoms with Gasteiger partial charge in [0.05, 0.1) is 24.2 Å². The van der Waals surface area contributed by atoms with Crippen LogP contribution in [0.25, 0.3) is 0 Å². The molecule has 31 heavy (non-hydrogen) atoms. The largest absolute Gasteiger partial charge is 0.418 e. The molecule has 1 amide bonds. The molecule has 0 aliphatic heterocycles. The lowest BCUT2D eigenvalue weighted by Crippen LogP contribution is -2.31. The van der Waals surface area contributed by atoms with Crippen molar-refractivity contribution in [1.82, 2.24) is 14.8 Å². The molecule has 1 saturated carbocycles. The van der Waals surface area contributed by atoms with Crippen LogP contribution in [0.5, 0.6) is 0 Å². The van der Waals surface area contributed by atoms with Gasteiger partial charge in [0.1, 0.15) is 0 Å². The van der Waals surface area contributed by atoms with Crippen molar-refractivity contribution in [1.29, 1.82) is 0 Å². The van der Waals surface area contributed by atoms with Crippen molar-refractivity contribution >= 4 is 11.7 Å². The summed E-state index contributed by atoms with van der Waals surface area (Å²) in [6, 6.07) is 3.32. The molecule has 2 heterocycles. The fourth-order valence-corrected chi connectivity index (χ4v) is 3.73. The van der Waals surface area contributed by atoms with E-state index in [1.165, 1.54) is 12.3 Å². The molecule has 1 aliphatic carbocycles. The highest BCUT2D eigenvalue weighted by molar-refractivity contribution is 5.89. The van der Waals surface area contributed by atoms with Crippen molar-refractivity contribution in [2.75, 3.05) is 5.32 Å². The van der Waals surface area contributed by atoms with E-state index < -0.39 is 48.3 Å². The van der Waals surface area contributed by atoms with Crippen molar-refractivity contribution < 1.29 is 26.7 Å². The number of halogens is 5. The van der Waals surface area contributed by atoms with Crippen LogP contribution in [-0.4, -0.2) is 27.1 Å². The van der Waals surface area contributed by atoms with E-state index in [0.717, 1.165) is 36.1 Å². The maximum Gasteiger partial charge on any atom is 0.418 e. The topological polar surface area (TPSA) is 76.9 Å². The average Bonchev–Trinajstić information content (AvgIpc) is 2.70. The van der Waals surface area contributed by atoms with Gasteiger partial charge in [0, 0.05) is 11.8 Å². The third kappa shape index (κ3) is 5.86.